The lowest BCUT2D eigenvalue weighted by Crippen LogP contribution is -2.30. The molecule has 5 rings (SSSR count). The van der Waals surface area contributed by atoms with E-state index in [0.29, 0.717) is 29.2 Å². The van der Waals surface area contributed by atoms with Crippen LogP contribution >= 0.6 is 11.3 Å². The van der Waals surface area contributed by atoms with Gasteiger partial charge in [0.15, 0.2) is 5.75 Å². The largest absolute Gasteiger partial charge is 0.494 e. The highest BCUT2D eigenvalue weighted by Crippen LogP contribution is 2.52. The third-order valence-electron chi connectivity index (χ3n) is 6.54. The number of H-pyrrole nitrogens is 1. The summed E-state index contributed by atoms with van der Waals surface area (Å²) in [6.07, 6.45) is 5.59. The van der Waals surface area contributed by atoms with Crippen molar-refractivity contribution in [1.29, 1.82) is 0 Å². The lowest BCUT2D eigenvalue weighted by Gasteiger charge is -2.23. The molecule has 3 aromatic rings. The van der Waals surface area contributed by atoms with E-state index in [2.05, 4.69) is 16.4 Å². The number of pyridine rings is 1. The van der Waals surface area contributed by atoms with Crippen LogP contribution in [0.25, 0.3) is 21.3 Å². The van der Waals surface area contributed by atoms with E-state index < -0.39 is 17.5 Å². The summed E-state index contributed by atoms with van der Waals surface area (Å²) in [5.74, 6) is -0.416. The molecule has 8 nitrogen and oxygen atoms in total. The van der Waals surface area contributed by atoms with Crippen molar-refractivity contribution < 1.29 is 24.2 Å². The van der Waals surface area contributed by atoms with E-state index in [1.807, 2.05) is 6.07 Å². The van der Waals surface area contributed by atoms with Gasteiger partial charge in [-0.1, -0.05) is 0 Å². The number of benzene rings is 1. The fourth-order valence-electron chi connectivity index (χ4n) is 4.83. The van der Waals surface area contributed by atoms with E-state index in [-0.39, 0.29) is 11.6 Å². The second-order valence-corrected chi connectivity index (χ2v) is 9.84. The number of aromatic nitrogens is 1. The van der Waals surface area contributed by atoms with E-state index in [4.69, 9.17) is 9.47 Å². The Hall–Kier alpha value is -3.33. The minimum atomic E-state index is -1.26. The Morgan fingerprint density at radius 2 is 2.03 bits per heavy atom. The molecule has 2 aliphatic carbocycles. The predicted molar refractivity (Wildman–Crippen MR) is 129 cm³/mol. The number of amides is 1. The Labute approximate surface area is 199 Å². The van der Waals surface area contributed by atoms with Gasteiger partial charge in [-0.15, -0.1) is 11.3 Å². The third kappa shape index (κ3) is 3.83. The summed E-state index contributed by atoms with van der Waals surface area (Å²) >= 11 is 1.68. The minimum absolute atomic E-state index is 0.110. The van der Waals surface area contributed by atoms with Crippen molar-refractivity contribution >= 4 is 34.3 Å². The molecular weight excluding hydrogens is 456 g/mol. The van der Waals surface area contributed by atoms with Crippen molar-refractivity contribution in [3.63, 3.8) is 0 Å². The number of aryl methyl sites for hydroxylation is 1. The lowest BCUT2D eigenvalue weighted by molar-refractivity contribution is 0.0695. The van der Waals surface area contributed by atoms with Crippen molar-refractivity contribution in [2.45, 2.75) is 51.0 Å². The molecule has 2 heterocycles. The summed E-state index contributed by atoms with van der Waals surface area (Å²) in [5.41, 5.74) is 2.72. The van der Waals surface area contributed by atoms with Gasteiger partial charge in [0.05, 0.1) is 30.7 Å². The molecule has 2 aromatic heterocycles. The van der Waals surface area contributed by atoms with Crippen molar-refractivity contribution in [2.75, 3.05) is 13.7 Å². The number of aromatic carboxylic acids is 1. The standard InChI is InChI=1S/C25H26N2O6S/c1-3-33-25(31)27-17-5-4-6-18-14(17)10-19(34-18)20-13(12-7-8-12)9-15-21(23(20)32-2)26-11-16(22(15)28)24(29)30/h9-12,17H,3-8H2,1-2H3,(H,26,28)(H,27,31)(H,29,30). The summed E-state index contributed by atoms with van der Waals surface area (Å²) < 4.78 is 10.9. The van der Waals surface area contributed by atoms with Gasteiger partial charge in [0, 0.05) is 21.5 Å². The summed E-state index contributed by atoms with van der Waals surface area (Å²) in [5, 5.41) is 12.7. The first kappa shape index (κ1) is 22.5. The van der Waals surface area contributed by atoms with Gasteiger partial charge in [0.2, 0.25) is 5.43 Å². The van der Waals surface area contributed by atoms with E-state index in [1.165, 1.54) is 11.1 Å². The van der Waals surface area contributed by atoms with E-state index in [1.54, 1.807) is 25.4 Å². The Bertz CT molecular complexity index is 1350. The number of nitrogens with one attached hydrogen (secondary N) is 2. The molecule has 1 saturated carbocycles. The van der Waals surface area contributed by atoms with Gasteiger partial charge in [-0.2, -0.15) is 0 Å². The summed E-state index contributed by atoms with van der Waals surface area (Å²) in [4.78, 5) is 41.8. The highest BCUT2D eigenvalue weighted by molar-refractivity contribution is 7.15. The van der Waals surface area contributed by atoms with Gasteiger partial charge in [-0.3, -0.25) is 4.79 Å². The first-order valence-electron chi connectivity index (χ1n) is 11.5. The first-order valence-corrected chi connectivity index (χ1v) is 12.3. The molecule has 0 radical (unpaired) electrons. The lowest BCUT2D eigenvalue weighted by atomic mass is 9.92. The number of hydrogen-bond acceptors (Lipinski definition) is 6. The van der Waals surface area contributed by atoms with E-state index in [0.717, 1.165) is 53.7 Å². The molecule has 0 bridgehead atoms. The van der Waals surface area contributed by atoms with Crippen molar-refractivity contribution in [2.24, 2.45) is 0 Å². The fraction of sp³-hybridized carbons (Fsp3) is 0.400. The minimum Gasteiger partial charge on any atom is -0.494 e. The number of rotatable bonds is 6. The summed E-state index contributed by atoms with van der Waals surface area (Å²) in [6, 6.07) is 3.85. The number of hydrogen-bond donors (Lipinski definition) is 3. The van der Waals surface area contributed by atoms with E-state index in [9.17, 15) is 19.5 Å². The summed E-state index contributed by atoms with van der Waals surface area (Å²) in [6.45, 7) is 2.10. The van der Waals surface area contributed by atoms with Gasteiger partial charge >= 0.3 is 12.1 Å². The Morgan fingerprint density at radius 1 is 1.24 bits per heavy atom. The average Bonchev–Trinajstić information content (AvgIpc) is 3.56. The monoisotopic (exact) mass is 482 g/mol. The molecule has 2 aliphatic rings. The number of methoxy groups -OCH3 is 1. The van der Waals surface area contributed by atoms with Crippen molar-refractivity contribution in [1.82, 2.24) is 10.3 Å². The number of carbonyl (C=O) groups excluding carboxylic acids is 1. The van der Waals surface area contributed by atoms with Gasteiger partial charge in [-0.25, -0.2) is 9.59 Å². The van der Waals surface area contributed by atoms with Crippen molar-refractivity contribution in [3.05, 3.63) is 50.1 Å². The maximum atomic E-state index is 12.9. The van der Waals surface area contributed by atoms with Gasteiger partial charge in [0.25, 0.3) is 0 Å². The fourth-order valence-corrected chi connectivity index (χ4v) is 6.16. The number of carbonyl (C=O) groups is 2. The van der Waals surface area contributed by atoms with Gasteiger partial charge in [-0.05, 0) is 68.2 Å². The molecule has 9 heteroatoms. The second kappa shape index (κ2) is 8.79. The molecule has 1 fully saturated rings. The zero-order valence-electron chi connectivity index (χ0n) is 19.0. The number of alkyl carbamates (subject to hydrolysis) is 1. The normalized spacial score (nSPS) is 17.3. The Kier molecular flexibility index (Phi) is 5.81. The molecule has 1 aromatic carbocycles. The molecule has 1 atom stereocenters. The molecule has 3 N–H and O–H groups in total. The molecule has 34 heavy (non-hydrogen) atoms. The second-order valence-electron chi connectivity index (χ2n) is 8.71. The number of thiophene rings is 1. The number of fused-ring (bicyclic) bond motifs is 2. The number of aromatic amines is 1. The molecule has 0 saturated heterocycles. The highest BCUT2D eigenvalue weighted by Gasteiger charge is 2.33. The van der Waals surface area contributed by atoms with Crippen LogP contribution in [0.2, 0.25) is 0 Å². The number of carboxylic acid groups (broad SMARTS) is 1. The van der Waals surface area contributed by atoms with Crippen LogP contribution in [0.15, 0.2) is 23.1 Å². The van der Waals surface area contributed by atoms with Crippen LogP contribution in [0.1, 0.15) is 70.9 Å². The maximum Gasteiger partial charge on any atom is 0.407 e. The van der Waals surface area contributed by atoms with Crippen molar-refractivity contribution in [3.8, 4) is 16.2 Å². The molecule has 178 valence electrons. The molecule has 0 spiro atoms. The topological polar surface area (TPSA) is 118 Å². The van der Waals surface area contributed by atoms with Crippen LogP contribution in [0.4, 0.5) is 4.79 Å². The molecular formula is C25H26N2O6S. The number of ether oxygens (including phenoxy) is 2. The molecule has 1 unspecified atom stereocenters. The quantitative estimate of drug-likeness (QED) is 0.457. The smallest absolute Gasteiger partial charge is 0.407 e. The zero-order chi connectivity index (χ0) is 24.0. The highest BCUT2D eigenvalue weighted by atomic mass is 32.1. The van der Waals surface area contributed by atoms with Crippen LogP contribution in [0.3, 0.4) is 0 Å². The average molecular weight is 483 g/mol. The third-order valence-corrected chi connectivity index (χ3v) is 7.77. The zero-order valence-corrected chi connectivity index (χ0v) is 19.8. The van der Waals surface area contributed by atoms with Gasteiger partial charge < -0.3 is 24.9 Å². The Balaban J connectivity index is 1.67. The van der Waals surface area contributed by atoms with Gasteiger partial charge in [0.1, 0.15) is 5.56 Å². The predicted octanol–water partition coefficient (Wildman–Crippen LogP) is 4.96. The maximum absolute atomic E-state index is 12.9. The van der Waals surface area contributed by atoms with Crippen LogP contribution in [0.5, 0.6) is 5.75 Å². The van der Waals surface area contributed by atoms with Crippen LogP contribution in [-0.2, 0) is 11.2 Å². The van der Waals surface area contributed by atoms with E-state index >= 15 is 0 Å². The first-order chi connectivity index (χ1) is 16.4. The van der Waals surface area contributed by atoms with Crippen LogP contribution < -0.4 is 15.5 Å². The molecule has 1 amide bonds. The molecule has 0 aliphatic heterocycles. The summed E-state index contributed by atoms with van der Waals surface area (Å²) in [7, 11) is 1.57. The SMILES string of the molecule is CCOC(=O)NC1CCCc2sc(-c3c(C4CC4)cc4c(=O)c(C(=O)O)c[nH]c4c3OC)cc21. The van der Waals surface area contributed by atoms with Crippen LogP contribution in [-0.4, -0.2) is 35.9 Å². The van der Waals surface area contributed by atoms with Crippen LogP contribution in [0, 0.1) is 0 Å². The number of carboxylic acids is 1. The Morgan fingerprint density at radius 3 is 2.71 bits per heavy atom.